The third-order valence-corrected chi connectivity index (χ3v) is 3.15. The number of pyridine rings is 1. The molecule has 0 amide bonds. The molecule has 3 rings (SSSR count). The molecule has 0 aliphatic carbocycles. The molecular weight excluding hydrogens is 273 g/mol. The minimum Gasteiger partial charge on any atom is -0.477 e. The van der Waals surface area contributed by atoms with Gasteiger partial charge in [0, 0.05) is 48.4 Å². The van der Waals surface area contributed by atoms with E-state index in [4.69, 9.17) is 14.6 Å². The maximum atomic E-state index is 12.1. The number of fused-ring (bicyclic) bond motifs is 2. The number of hydrogen-bond acceptors (Lipinski definition) is 4. The van der Waals surface area contributed by atoms with Gasteiger partial charge in [0.2, 0.25) is 12.2 Å². The molecule has 1 radical (unpaired) electrons. The molecule has 0 atom stereocenters. The molecule has 1 aliphatic heterocycles. The number of aromatic carboxylic acids is 1. The summed E-state index contributed by atoms with van der Waals surface area (Å²) < 4.78 is 12.2. The first-order valence-electron chi connectivity index (χ1n) is 5.82. The number of carboxylic acids is 1. The van der Waals surface area contributed by atoms with E-state index in [1.54, 1.807) is 16.7 Å². The molecule has 0 fully saturated rings. The summed E-state index contributed by atoms with van der Waals surface area (Å²) in [6, 6.07) is 3.24. The SMILES string of the molecule is CCn1cc(C(=O)O)c(=O)c2cc3c(cc21)OCO3.[Na]. The molecule has 20 heavy (non-hydrogen) atoms. The number of carbonyl (C=O) groups is 1. The molecule has 1 aliphatic rings. The van der Waals surface area contributed by atoms with Gasteiger partial charge in [-0.3, -0.25) is 4.79 Å². The number of hydrogen-bond donors (Lipinski definition) is 1. The Morgan fingerprint density at radius 2 is 2.00 bits per heavy atom. The minimum absolute atomic E-state index is 0. The quantitative estimate of drug-likeness (QED) is 0.835. The molecular formula is C13H11NNaO5. The maximum absolute atomic E-state index is 12.1. The van der Waals surface area contributed by atoms with Crippen molar-refractivity contribution in [1.82, 2.24) is 4.57 Å². The Morgan fingerprint density at radius 3 is 2.60 bits per heavy atom. The van der Waals surface area contributed by atoms with Gasteiger partial charge in [0.15, 0.2) is 11.5 Å². The van der Waals surface area contributed by atoms with Gasteiger partial charge >= 0.3 is 5.97 Å². The van der Waals surface area contributed by atoms with Gasteiger partial charge in [0.1, 0.15) is 5.56 Å². The fourth-order valence-electron chi connectivity index (χ4n) is 2.19. The number of ether oxygens (including phenoxy) is 2. The number of carboxylic acid groups (broad SMARTS) is 1. The van der Waals surface area contributed by atoms with Crippen LogP contribution in [0.5, 0.6) is 11.5 Å². The number of nitrogens with zero attached hydrogens (tertiary/aromatic N) is 1. The minimum atomic E-state index is -1.23. The zero-order valence-corrected chi connectivity index (χ0v) is 13.2. The van der Waals surface area contributed by atoms with Crippen LogP contribution in [0, 0.1) is 0 Å². The summed E-state index contributed by atoms with van der Waals surface area (Å²) in [5.74, 6) is -0.196. The standard InChI is InChI=1S/C13H11NO5.Na/c1-2-14-5-8(13(16)17)12(15)7-3-10-11(4-9(7)14)19-6-18-10;/h3-5H,2,6H2,1H3,(H,16,17);. The summed E-state index contributed by atoms with van der Waals surface area (Å²) in [6.45, 7) is 2.54. The van der Waals surface area contributed by atoms with Crippen molar-refractivity contribution in [3.63, 3.8) is 0 Å². The van der Waals surface area contributed by atoms with Crippen LogP contribution in [0.4, 0.5) is 0 Å². The third-order valence-electron chi connectivity index (χ3n) is 3.15. The van der Waals surface area contributed by atoms with E-state index in [9.17, 15) is 9.59 Å². The van der Waals surface area contributed by atoms with E-state index >= 15 is 0 Å². The number of aryl methyl sites for hydroxylation is 1. The van der Waals surface area contributed by atoms with Gasteiger partial charge in [-0.15, -0.1) is 0 Å². The summed E-state index contributed by atoms with van der Waals surface area (Å²) in [5, 5.41) is 9.39. The van der Waals surface area contributed by atoms with Gasteiger partial charge in [0.05, 0.1) is 10.9 Å². The van der Waals surface area contributed by atoms with E-state index in [0.29, 0.717) is 28.9 Å². The van der Waals surface area contributed by atoms with E-state index in [0.717, 1.165) is 0 Å². The van der Waals surface area contributed by atoms with Crippen molar-refractivity contribution in [2.75, 3.05) is 6.79 Å². The summed E-state index contributed by atoms with van der Waals surface area (Å²) in [4.78, 5) is 23.2. The van der Waals surface area contributed by atoms with Crippen LogP contribution in [0.15, 0.2) is 23.1 Å². The Morgan fingerprint density at radius 1 is 1.35 bits per heavy atom. The molecule has 2 aromatic rings. The number of aromatic nitrogens is 1. The van der Waals surface area contributed by atoms with Gasteiger partial charge in [-0.05, 0) is 13.0 Å². The fraction of sp³-hybridized carbons (Fsp3) is 0.231. The van der Waals surface area contributed by atoms with Crippen LogP contribution in [0.3, 0.4) is 0 Å². The Kier molecular flexibility index (Phi) is 4.08. The summed E-state index contributed by atoms with van der Waals surface area (Å²) >= 11 is 0. The third kappa shape index (κ3) is 2.19. The Labute approximate surface area is 136 Å². The van der Waals surface area contributed by atoms with Gasteiger partial charge < -0.3 is 19.1 Å². The molecule has 0 bridgehead atoms. The molecule has 0 saturated carbocycles. The van der Waals surface area contributed by atoms with Gasteiger partial charge in [-0.2, -0.15) is 0 Å². The first-order chi connectivity index (χ1) is 9.11. The molecule has 7 heteroatoms. The van der Waals surface area contributed by atoms with Crippen LogP contribution in [-0.4, -0.2) is 52.0 Å². The molecule has 6 nitrogen and oxygen atoms in total. The van der Waals surface area contributed by atoms with Crippen LogP contribution < -0.4 is 14.9 Å². The van der Waals surface area contributed by atoms with Crippen molar-refractivity contribution in [1.29, 1.82) is 0 Å². The van der Waals surface area contributed by atoms with Crippen LogP contribution in [-0.2, 0) is 6.54 Å². The number of benzene rings is 1. The van der Waals surface area contributed by atoms with E-state index in [2.05, 4.69) is 0 Å². The molecule has 0 unspecified atom stereocenters. The first-order valence-corrected chi connectivity index (χ1v) is 5.82. The van der Waals surface area contributed by atoms with Crippen LogP contribution in [0.2, 0.25) is 0 Å². The Balaban J connectivity index is 0.00000147. The second-order valence-corrected chi connectivity index (χ2v) is 4.19. The molecule has 1 aromatic heterocycles. The smallest absolute Gasteiger partial charge is 0.341 e. The van der Waals surface area contributed by atoms with Crippen molar-refractivity contribution in [3.8, 4) is 11.5 Å². The van der Waals surface area contributed by atoms with Crippen LogP contribution >= 0.6 is 0 Å². The van der Waals surface area contributed by atoms with Gasteiger partial charge in [-0.1, -0.05) is 0 Å². The molecule has 2 heterocycles. The summed E-state index contributed by atoms with van der Waals surface area (Å²) in [5.41, 5.74) is -0.111. The average Bonchev–Trinajstić information content (AvgIpc) is 2.84. The molecule has 0 saturated heterocycles. The maximum Gasteiger partial charge on any atom is 0.341 e. The fourth-order valence-corrected chi connectivity index (χ4v) is 2.19. The van der Waals surface area contributed by atoms with Crippen molar-refractivity contribution >= 4 is 46.4 Å². The largest absolute Gasteiger partial charge is 0.477 e. The second kappa shape index (κ2) is 5.47. The van der Waals surface area contributed by atoms with Crippen molar-refractivity contribution in [2.45, 2.75) is 13.5 Å². The zero-order valence-electron chi connectivity index (χ0n) is 11.2. The normalized spacial score (nSPS) is 12.2. The Bertz CT molecular complexity index is 752. The van der Waals surface area contributed by atoms with Gasteiger partial charge in [-0.25, -0.2) is 4.79 Å². The average molecular weight is 284 g/mol. The Hall–Kier alpha value is -1.50. The van der Waals surface area contributed by atoms with Gasteiger partial charge in [0.25, 0.3) is 0 Å². The molecule has 99 valence electrons. The number of rotatable bonds is 2. The molecule has 1 N–H and O–H groups in total. The van der Waals surface area contributed by atoms with E-state index in [1.165, 1.54) is 6.20 Å². The van der Waals surface area contributed by atoms with E-state index < -0.39 is 11.4 Å². The zero-order chi connectivity index (χ0) is 13.6. The monoisotopic (exact) mass is 284 g/mol. The van der Waals surface area contributed by atoms with E-state index in [-0.39, 0.29) is 41.9 Å². The summed E-state index contributed by atoms with van der Waals surface area (Å²) in [6.07, 6.45) is 1.36. The first kappa shape index (κ1) is 14.9. The van der Waals surface area contributed by atoms with Crippen molar-refractivity contribution < 1.29 is 19.4 Å². The summed E-state index contributed by atoms with van der Waals surface area (Å²) in [7, 11) is 0. The topological polar surface area (TPSA) is 77.8 Å². The molecule has 0 spiro atoms. The van der Waals surface area contributed by atoms with Crippen LogP contribution in [0.25, 0.3) is 10.9 Å². The van der Waals surface area contributed by atoms with Crippen molar-refractivity contribution in [2.24, 2.45) is 0 Å². The molecule has 1 aromatic carbocycles. The van der Waals surface area contributed by atoms with Crippen LogP contribution in [0.1, 0.15) is 17.3 Å². The second-order valence-electron chi connectivity index (χ2n) is 4.19. The van der Waals surface area contributed by atoms with E-state index in [1.807, 2.05) is 6.92 Å². The predicted molar refractivity (Wildman–Crippen MR) is 72.7 cm³/mol. The van der Waals surface area contributed by atoms with Crippen molar-refractivity contribution in [3.05, 3.63) is 34.1 Å². The predicted octanol–water partition coefficient (Wildman–Crippen LogP) is 1.07.